The number of rotatable bonds is 8. The molecule has 0 radical (unpaired) electrons. The summed E-state index contributed by atoms with van der Waals surface area (Å²) in [5.74, 6) is -0.772. The van der Waals surface area contributed by atoms with Crippen LogP contribution in [0.4, 0.5) is 4.79 Å². The summed E-state index contributed by atoms with van der Waals surface area (Å²) in [4.78, 5) is 31.3. The summed E-state index contributed by atoms with van der Waals surface area (Å²) in [6.45, 7) is 6.52. The highest BCUT2D eigenvalue weighted by Crippen LogP contribution is 2.10. The summed E-state index contributed by atoms with van der Waals surface area (Å²) in [5.41, 5.74) is 2.10. The molecule has 0 aliphatic heterocycles. The summed E-state index contributed by atoms with van der Waals surface area (Å²) >= 11 is 0. The first kappa shape index (κ1) is 17.9. The predicted molar refractivity (Wildman–Crippen MR) is 76.0 cm³/mol. The maximum atomic E-state index is 11.7. The third-order valence-electron chi connectivity index (χ3n) is 2.47. The molecule has 0 saturated heterocycles. The molecule has 0 bridgehead atoms. The lowest BCUT2D eigenvalue weighted by molar-refractivity contribution is -0.452. The van der Waals surface area contributed by atoms with E-state index in [2.05, 4.69) is 19.6 Å². The number of carbonyl (C=O) groups excluding carboxylic acids is 2. The van der Waals surface area contributed by atoms with E-state index in [0.29, 0.717) is 12.2 Å². The topological polar surface area (TPSA) is 80.3 Å². The summed E-state index contributed by atoms with van der Waals surface area (Å²) in [5, 5.41) is 4.10. The molecule has 7 nitrogen and oxygen atoms in total. The Morgan fingerprint density at radius 1 is 0.955 bits per heavy atom. The second-order valence-electron chi connectivity index (χ2n) is 4.61. The standard InChI is InChI=1S/C15H20O7/c1-4-5-18-6-7-19-15(17)21-22-20-14(16)13-9-11(2)8-12(3)10-13/h8-10H,4-7H2,1-3H3. The smallest absolute Gasteiger partial charge is 0.430 e. The van der Waals surface area contributed by atoms with Crippen molar-refractivity contribution in [3.8, 4) is 0 Å². The van der Waals surface area contributed by atoms with E-state index in [1.165, 1.54) is 0 Å². The van der Waals surface area contributed by atoms with Gasteiger partial charge < -0.3 is 9.47 Å². The molecule has 122 valence electrons. The number of benzene rings is 1. The minimum Gasteiger partial charge on any atom is -0.430 e. The van der Waals surface area contributed by atoms with Gasteiger partial charge in [0.25, 0.3) is 0 Å². The van der Waals surface area contributed by atoms with Crippen molar-refractivity contribution in [2.45, 2.75) is 27.2 Å². The molecule has 0 amide bonds. The molecule has 0 fully saturated rings. The molecule has 0 heterocycles. The molecule has 0 aromatic heterocycles. The van der Waals surface area contributed by atoms with Crippen LogP contribution in [0.3, 0.4) is 0 Å². The Labute approximate surface area is 128 Å². The molecule has 1 aromatic carbocycles. The molecule has 0 spiro atoms. The zero-order valence-electron chi connectivity index (χ0n) is 12.9. The first-order chi connectivity index (χ1) is 10.5. The lowest BCUT2D eigenvalue weighted by atomic mass is 10.1. The highest BCUT2D eigenvalue weighted by Gasteiger charge is 2.12. The van der Waals surface area contributed by atoms with Gasteiger partial charge in [-0.15, -0.1) is 0 Å². The Bertz CT molecular complexity index is 478. The summed E-state index contributed by atoms with van der Waals surface area (Å²) < 4.78 is 9.71. The van der Waals surface area contributed by atoms with Gasteiger partial charge in [0, 0.05) is 6.61 Å². The van der Waals surface area contributed by atoms with E-state index < -0.39 is 12.1 Å². The molecule has 22 heavy (non-hydrogen) atoms. The van der Waals surface area contributed by atoms with Crippen molar-refractivity contribution in [1.29, 1.82) is 0 Å². The second kappa shape index (κ2) is 9.75. The molecule has 0 unspecified atom stereocenters. The average Bonchev–Trinajstić information content (AvgIpc) is 2.46. The molecule has 1 aromatic rings. The van der Waals surface area contributed by atoms with E-state index in [1.807, 2.05) is 26.8 Å². The van der Waals surface area contributed by atoms with Crippen LogP contribution in [-0.4, -0.2) is 31.9 Å². The van der Waals surface area contributed by atoms with Gasteiger partial charge in [-0.1, -0.05) is 24.1 Å². The Balaban J connectivity index is 2.23. The van der Waals surface area contributed by atoms with Crippen LogP contribution in [0.2, 0.25) is 0 Å². The quantitative estimate of drug-likeness (QED) is 0.316. The van der Waals surface area contributed by atoms with E-state index in [1.54, 1.807) is 12.1 Å². The maximum Gasteiger partial charge on any atom is 0.543 e. The molecule has 7 heteroatoms. The highest BCUT2D eigenvalue weighted by atomic mass is 17.5. The van der Waals surface area contributed by atoms with Crippen LogP contribution in [0, 0.1) is 13.8 Å². The molecular weight excluding hydrogens is 292 g/mol. The van der Waals surface area contributed by atoms with Gasteiger partial charge >= 0.3 is 12.1 Å². The number of carbonyl (C=O) groups is 2. The maximum absolute atomic E-state index is 11.7. The number of aryl methyl sites for hydroxylation is 2. The minimum absolute atomic E-state index is 0.0210. The molecule has 0 aliphatic rings. The predicted octanol–water partition coefficient (Wildman–Crippen LogP) is 2.89. The fourth-order valence-corrected chi connectivity index (χ4v) is 1.67. The van der Waals surface area contributed by atoms with Gasteiger partial charge in [-0.3, -0.25) is 4.89 Å². The van der Waals surface area contributed by atoms with Crippen LogP contribution >= 0.6 is 0 Å². The summed E-state index contributed by atoms with van der Waals surface area (Å²) in [6.07, 6.45) is -0.240. The molecule has 0 atom stereocenters. The van der Waals surface area contributed by atoms with E-state index in [0.717, 1.165) is 17.5 Å². The number of ether oxygens (including phenoxy) is 2. The molecule has 0 aliphatic carbocycles. The van der Waals surface area contributed by atoms with Gasteiger partial charge in [0.05, 0.1) is 17.2 Å². The van der Waals surface area contributed by atoms with E-state index in [9.17, 15) is 9.59 Å². The average molecular weight is 312 g/mol. The van der Waals surface area contributed by atoms with Crippen molar-refractivity contribution in [3.63, 3.8) is 0 Å². The zero-order chi connectivity index (χ0) is 16.4. The van der Waals surface area contributed by atoms with Crippen molar-refractivity contribution in [2.24, 2.45) is 0 Å². The molecule has 1 rings (SSSR count). The van der Waals surface area contributed by atoms with Gasteiger partial charge in [0.2, 0.25) is 0 Å². The first-order valence-corrected chi connectivity index (χ1v) is 6.91. The summed E-state index contributed by atoms with van der Waals surface area (Å²) in [7, 11) is 0. The van der Waals surface area contributed by atoms with Crippen molar-refractivity contribution in [1.82, 2.24) is 0 Å². The number of hydrogen-bond donors (Lipinski definition) is 0. The largest absolute Gasteiger partial charge is 0.543 e. The van der Waals surface area contributed by atoms with Crippen LogP contribution < -0.4 is 0 Å². The van der Waals surface area contributed by atoms with Crippen molar-refractivity contribution < 1.29 is 33.9 Å². The second-order valence-corrected chi connectivity index (χ2v) is 4.61. The van der Waals surface area contributed by atoms with Crippen LogP contribution in [0.1, 0.15) is 34.8 Å². The van der Waals surface area contributed by atoms with Crippen LogP contribution in [0.5, 0.6) is 0 Å². The Hall–Kier alpha value is -2.12. The molecular formula is C15H20O7. The van der Waals surface area contributed by atoms with Gasteiger partial charge in [-0.05, 0) is 32.4 Å². The Morgan fingerprint density at radius 2 is 1.64 bits per heavy atom. The van der Waals surface area contributed by atoms with Crippen molar-refractivity contribution >= 4 is 12.1 Å². The lowest BCUT2D eigenvalue weighted by Gasteiger charge is -2.05. The third-order valence-corrected chi connectivity index (χ3v) is 2.47. The summed E-state index contributed by atoms with van der Waals surface area (Å²) in [6, 6.07) is 5.16. The SMILES string of the molecule is CCCOCCOC(=O)OOOC(=O)c1cc(C)cc(C)c1. The fraction of sp³-hybridized carbons (Fsp3) is 0.467. The van der Waals surface area contributed by atoms with E-state index in [4.69, 9.17) is 4.74 Å². The van der Waals surface area contributed by atoms with Crippen LogP contribution in [0.15, 0.2) is 18.2 Å². The highest BCUT2D eigenvalue weighted by molar-refractivity contribution is 5.89. The van der Waals surface area contributed by atoms with Gasteiger partial charge in [-0.25, -0.2) is 14.5 Å². The van der Waals surface area contributed by atoms with Crippen molar-refractivity contribution in [3.05, 3.63) is 34.9 Å². The molecule has 0 N–H and O–H groups in total. The monoisotopic (exact) mass is 312 g/mol. The normalized spacial score (nSPS) is 10.1. The molecule has 0 saturated carbocycles. The van der Waals surface area contributed by atoms with Crippen molar-refractivity contribution in [2.75, 3.05) is 19.8 Å². The lowest BCUT2D eigenvalue weighted by Crippen LogP contribution is -2.14. The van der Waals surface area contributed by atoms with E-state index in [-0.39, 0.29) is 13.2 Å². The zero-order valence-corrected chi connectivity index (χ0v) is 12.9. The van der Waals surface area contributed by atoms with Crippen LogP contribution in [-0.2, 0) is 24.3 Å². The van der Waals surface area contributed by atoms with E-state index >= 15 is 0 Å². The Kier molecular flexibility index (Phi) is 7.95. The Morgan fingerprint density at radius 3 is 2.27 bits per heavy atom. The number of hydrogen-bond acceptors (Lipinski definition) is 7. The first-order valence-electron chi connectivity index (χ1n) is 6.91. The van der Waals surface area contributed by atoms with Gasteiger partial charge in [0.1, 0.15) is 6.61 Å². The third kappa shape index (κ3) is 7.05. The fourth-order valence-electron chi connectivity index (χ4n) is 1.67. The minimum atomic E-state index is -1.12. The van der Waals surface area contributed by atoms with Crippen LogP contribution in [0.25, 0.3) is 0 Å². The van der Waals surface area contributed by atoms with Gasteiger partial charge in [-0.2, -0.15) is 0 Å². The van der Waals surface area contributed by atoms with Gasteiger partial charge in [0.15, 0.2) is 0 Å².